The molecule has 0 saturated heterocycles. The van der Waals surface area contributed by atoms with E-state index >= 15 is 0 Å². The molecule has 0 amide bonds. The lowest BCUT2D eigenvalue weighted by atomic mass is 9.97. The number of allylic oxidation sites excluding steroid dienone is 5. The van der Waals surface area contributed by atoms with Gasteiger partial charge in [0, 0.05) is 0 Å². The molecule has 0 N–H and O–H groups in total. The Morgan fingerprint density at radius 1 is 1.67 bits per heavy atom. The topological polar surface area (TPSA) is 0 Å². The van der Waals surface area contributed by atoms with Crippen molar-refractivity contribution in [3.8, 4) is 0 Å². The molecular weight excluding hydrogens is 108 g/mol. The van der Waals surface area contributed by atoms with Crippen molar-refractivity contribution >= 4 is 0 Å². The number of hydrogen-bond donors (Lipinski definition) is 0. The molecule has 0 bridgehead atoms. The van der Waals surface area contributed by atoms with Crippen molar-refractivity contribution in [2.24, 2.45) is 0 Å². The minimum atomic E-state index is 1.14. The van der Waals surface area contributed by atoms with E-state index in [1.165, 1.54) is 11.1 Å². The van der Waals surface area contributed by atoms with Crippen molar-refractivity contribution in [2.75, 3.05) is 0 Å². The summed E-state index contributed by atoms with van der Waals surface area (Å²) < 4.78 is 0. The summed E-state index contributed by atoms with van der Waals surface area (Å²) in [6.07, 6.45) is 8.75. The monoisotopic (exact) mass is 120 g/mol. The third kappa shape index (κ3) is 1.32. The fourth-order valence-corrected chi connectivity index (χ4v) is 1.03. The van der Waals surface area contributed by atoms with Crippen LogP contribution in [0.25, 0.3) is 0 Å². The van der Waals surface area contributed by atoms with Gasteiger partial charge in [0.05, 0.1) is 0 Å². The lowest BCUT2D eigenvalue weighted by molar-refractivity contribution is 0.972. The van der Waals surface area contributed by atoms with Crippen LogP contribution in [0.3, 0.4) is 0 Å². The molecule has 0 aromatic carbocycles. The zero-order valence-electron chi connectivity index (χ0n) is 5.85. The maximum Gasteiger partial charge on any atom is -0.0244 e. The average Bonchev–Trinajstić information content (AvgIpc) is 1.89. The minimum absolute atomic E-state index is 1.14. The minimum Gasteiger partial charge on any atom is -0.0952 e. The molecule has 0 heteroatoms. The van der Waals surface area contributed by atoms with Crippen LogP contribution in [0.5, 0.6) is 0 Å². The average molecular weight is 120 g/mol. The van der Waals surface area contributed by atoms with Crippen LogP contribution in [-0.2, 0) is 0 Å². The molecule has 0 saturated carbocycles. The van der Waals surface area contributed by atoms with E-state index in [1.807, 2.05) is 0 Å². The highest BCUT2D eigenvalue weighted by atomic mass is 14.1. The first-order chi connectivity index (χ1) is 4.34. The van der Waals surface area contributed by atoms with Gasteiger partial charge in [0.1, 0.15) is 0 Å². The van der Waals surface area contributed by atoms with Crippen molar-refractivity contribution in [3.05, 3.63) is 36.0 Å². The van der Waals surface area contributed by atoms with E-state index in [1.54, 1.807) is 0 Å². The predicted molar refractivity (Wildman–Crippen MR) is 41.3 cm³/mol. The molecule has 0 aliphatic heterocycles. The third-order valence-corrected chi connectivity index (χ3v) is 1.63. The van der Waals surface area contributed by atoms with E-state index in [0.29, 0.717) is 0 Å². The van der Waals surface area contributed by atoms with Gasteiger partial charge < -0.3 is 0 Å². The number of hydrogen-bond acceptors (Lipinski definition) is 0. The summed E-state index contributed by atoms with van der Waals surface area (Å²) in [4.78, 5) is 0. The maximum atomic E-state index is 3.95. The highest BCUT2D eigenvalue weighted by Gasteiger charge is 2.00. The molecule has 0 aromatic rings. The van der Waals surface area contributed by atoms with Gasteiger partial charge in [-0.2, -0.15) is 0 Å². The smallest absolute Gasteiger partial charge is 0.0244 e. The molecule has 9 heavy (non-hydrogen) atoms. The molecule has 0 nitrogen and oxygen atoms in total. The Kier molecular flexibility index (Phi) is 1.88. The Balaban J connectivity index is 2.81. The molecule has 1 aliphatic rings. The molecule has 0 aromatic heterocycles. The molecule has 1 rings (SSSR count). The van der Waals surface area contributed by atoms with Gasteiger partial charge in [0.25, 0.3) is 0 Å². The molecule has 0 unspecified atom stereocenters. The van der Waals surface area contributed by atoms with Crippen molar-refractivity contribution in [2.45, 2.75) is 19.8 Å². The van der Waals surface area contributed by atoms with E-state index in [9.17, 15) is 0 Å². The first-order valence-corrected chi connectivity index (χ1v) is 3.35. The Morgan fingerprint density at radius 3 is 2.89 bits per heavy atom. The summed E-state index contributed by atoms with van der Waals surface area (Å²) in [5, 5.41) is 0. The molecule has 0 atom stereocenters. The predicted octanol–water partition coefficient (Wildman–Crippen LogP) is 2.84. The lowest BCUT2D eigenvalue weighted by Gasteiger charge is -2.08. The zero-order valence-corrected chi connectivity index (χ0v) is 5.85. The highest BCUT2D eigenvalue weighted by molar-refractivity contribution is 5.39. The summed E-state index contributed by atoms with van der Waals surface area (Å²) in [6, 6.07) is 0. The van der Waals surface area contributed by atoms with E-state index in [4.69, 9.17) is 0 Å². The summed E-state index contributed by atoms with van der Waals surface area (Å²) in [5.74, 6) is 0. The van der Waals surface area contributed by atoms with Crippen molar-refractivity contribution in [1.82, 2.24) is 0 Å². The summed E-state index contributed by atoms with van der Waals surface area (Å²) >= 11 is 0. The Labute approximate surface area is 56.6 Å². The molecule has 0 spiro atoms. The third-order valence-electron chi connectivity index (χ3n) is 1.63. The number of rotatable bonds is 0. The van der Waals surface area contributed by atoms with Crippen LogP contribution in [0.4, 0.5) is 0 Å². The van der Waals surface area contributed by atoms with E-state index in [0.717, 1.165) is 12.8 Å². The maximum absolute atomic E-state index is 3.95. The van der Waals surface area contributed by atoms with Crippen LogP contribution in [0.2, 0.25) is 0 Å². The van der Waals surface area contributed by atoms with Crippen LogP contribution in [-0.4, -0.2) is 0 Å². The molecule has 0 fully saturated rings. The Hall–Kier alpha value is -0.780. The van der Waals surface area contributed by atoms with Gasteiger partial charge in [0.15, 0.2) is 0 Å². The van der Waals surface area contributed by atoms with Gasteiger partial charge >= 0.3 is 0 Å². The van der Waals surface area contributed by atoms with Crippen LogP contribution < -0.4 is 0 Å². The summed E-state index contributed by atoms with van der Waals surface area (Å²) in [5.41, 5.74) is 2.58. The van der Waals surface area contributed by atoms with Crippen molar-refractivity contribution in [3.63, 3.8) is 0 Å². The van der Waals surface area contributed by atoms with Crippen LogP contribution in [0.1, 0.15) is 19.8 Å². The quantitative estimate of drug-likeness (QED) is 0.461. The normalized spacial score (nSPS) is 23.2. The molecule has 0 heterocycles. The second-order valence-corrected chi connectivity index (χ2v) is 2.29. The second-order valence-electron chi connectivity index (χ2n) is 2.29. The van der Waals surface area contributed by atoms with Crippen LogP contribution in [0, 0.1) is 0 Å². The Morgan fingerprint density at radius 2 is 2.44 bits per heavy atom. The fourth-order valence-electron chi connectivity index (χ4n) is 1.03. The summed E-state index contributed by atoms with van der Waals surface area (Å²) in [6.45, 7) is 6.00. The Bertz CT molecular complexity index is 170. The van der Waals surface area contributed by atoms with Gasteiger partial charge in [-0.05, 0) is 30.9 Å². The molecule has 1 aliphatic carbocycles. The largest absolute Gasteiger partial charge is 0.0952 e. The van der Waals surface area contributed by atoms with Crippen molar-refractivity contribution in [1.29, 1.82) is 0 Å². The molecule has 0 radical (unpaired) electrons. The van der Waals surface area contributed by atoms with Crippen LogP contribution in [0.15, 0.2) is 36.0 Å². The first-order valence-electron chi connectivity index (χ1n) is 3.35. The SMILES string of the molecule is C=C1CCC=C/C1=C/C. The standard InChI is InChI=1S/C9H12/c1-3-9-7-5-4-6-8(9)2/h3,5,7H,2,4,6H2,1H3/b9-3-. The second kappa shape index (κ2) is 2.67. The summed E-state index contributed by atoms with van der Waals surface area (Å²) in [7, 11) is 0. The van der Waals surface area contributed by atoms with Crippen LogP contribution >= 0.6 is 0 Å². The lowest BCUT2D eigenvalue weighted by Crippen LogP contribution is -1.89. The van der Waals surface area contributed by atoms with Gasteiger partial charge in [-0.1, -0.05) is 24.8 Å². The first kappa shape index (κ1) is 6.34. The van der Waals surface area contributed by atoms with E-state index in [2.05, 4.69) is 31.7 Å². The van der Waals surface area contributed by atoms with E-state index < -0.39 is 0 Å². The van der Waals surface area contributed by atoms with E-state index in [-0.39, 0.29) is 0 Å². The van der Waals surface area contributed by atoms with Gasteiger partial charge in [-0.15, -0.1) is 0 Å². The van der Waals surface area contributed by atoms with Gasteiger partial charge in [-0.3, -0.25) is 0 Å². The molecular formula is C9H12. The molecule has 48 valence electrons. The van der Waals surface area contributed by atoms with Gasteiger partial charge in [-0.25, -0.2) is 0 Å². The van der Waals surface area contributed by atoms with Crippen molar-refractivity contribution < 1.29 is 0 Å². The van der Waals surface area contributed by atoms with Gasteiger partial charge in [0.2, 0.25) is 0 Å². The zero-order chi connectivity index (χ0) is 6.69. The highest BCUT2D eigenvalue weighted by Crippen LogP contribution is 2.20. The fraction of sp³-hybridized carbons (Fsp3) is 0.333.